The molecule has 2 nitrogen and oxygen atoms in total. The van der Waals surface area contributed by atoms with Crippen LogP contribution in [0.5, 0.6) is 0 Å². The summed E-state index contributed by atoms with van der Waals surface area (Å²) < 4.78 is 0. The Hall–Kier alpha value is -0.310. The largest absolute Gasteiger partial charge is 0.299 e. The van der Waals surface area contributed by atoms with Gasteiger partial charge in [-0.25, -0.2) is 0 Å². The number of unbranched alkanes of at least 4 members (excludes halogenated alkanes) is 1. The van der Waals surface area contributed by atoms with E-state index in [0.717, 1.165) is 12.8 Å². The standard InChI is InChI=1S/C8H14O2S/c1-3-4-5-7(6(2)9)8(10)11/h7H,3-5H2,1-2H3,(H,10,11). The van der Waals surface area contributed by atoms with E-state index >= 15 is 0 Å². The van der Waals surface area contributed by atoms with Gasteiger partial charge in [-0.1, -0.05) is 19.8 Å². The molecule has 0 rings (SSSR count). The van der Waals surface area contributed by atoms with E-state index in [2.05, 4.69) is 12.6 Å². The van der Waals surface area contributed by atoms with Crippen LogP contribution in [0, 0.1) is 5.92 Å². The SMILES string of the molecule is CCCCC(C(C)=O)C(=O)S. The molecule has 0 N–H and O–H groups in total. The average molecular weight is 174 g/mol. The third-order valence-electron chi connectivity index (χ3n) is 1.64. The average Bonchev–Trinajstić information content (AvgIpc) is 1.87. The van der Waals surface area contributed by atoms with Crippen molar-refractivity contribution in [2.45, 2.75) is 33.1 Å². The highest BCUT2D eigenvalue weighted by Gasteiger charge is 2.18. The summed E-state index contributed by atoms with van der Waals surface area (Å²) in [6, 6.07) is 0. The molecule has 0 saturated carbocycles. The summed E-state index contributed by atoms with van der Waals surface area (Å²) in [6.45, 7) is 3.47. The summed E-state index contributed by atoms with van der Waals surface area (Å²) in [5, 5.41) is -0.300. The molecular formula is C8H14O2S. The molecule has 0 aromatic carbocycles. The van der Waals surface area contributed by atoms with E-state index in [0.29, 0.717) is 6.42 Å². The lowest BCUT2D eigenvalue weighted by atomic mass is 10.00. The molecule has 0 aliphatic heterocycles. The maximum atomic E-state index is 10.8. The van der Waals surface area contributed by atoms with Crippen molar-refractivity contribution in [3.05, 3.63) is 0 Å². The van der Waals surface area contributed by atoms with Crippen molar-refractivity contribution in [1.82, 2.24) is 0 Å². The van der Waals surface area contributed by atoms with Crippen LogP contribution in [0.2, 0.25) is 0 Å². The Kier molecular flexibility index (Phi) is 5.20. The van der Waals surface area contributed by atoms with Gasteiger partial charge in [0.05, 0.1) is 5.92 Å². The molecule has 3 heteroatoms. The van der Waals surface area contributed by atoms with Gasteiger partial charge < -0.3 is 0 Å². The Balaban J connectivity index is 3.90. The van der Waals surface area contributed by atoms with Crippen molar-refractivity contribution in [3.63, 3.8) is 0 Å². The van der Waals surface area contributed by atoms with Gasteiger partial charge in [0.1, 0.15) is 5.78 Å². The summed E-state index contributed by atoms with van der Waals surface area (Å²) in [7, 11) is 0. The van der Waals surface area contributed by atoms with Crippen molar-refractivity contribution in [3.8, 4) is 0 Å². The van der Waals surface area contributed by atoms with Crippen molar-refractivity contribution in [2.75, 3.05) is 0 Å². The van der Waals surface area contributed by atoms with Gasteiger partial charge in [0.25, 0.3) is 0 Å². The Bertz CT molecular complexity index is 140. The molecule has 0 amide bonds. The maximum absolute atomic E-state index is 10.8. The summed E-state index contributed by atoms with van der Waals surface area (Å²) in [5.41, 5.74) is 0. The maximum Gasteiger partial charge on any atom is 0.196 e. The molecule has 0 heterocycles. The number of thiol groups is 1. The minimum absolute atomic E-state index is 0.0709. The predicted octanol–water partition coefficient (Wildman–Crippen LogP) is 1.84. The molecule has 1 unspecified atom stereocenters. The lowest BCUT2D eigenvalue weighted by Gasteiger charge is -2.06. The van der Waals surface area contributed by atoms with Crippen molar-refractivity contribution < 1.29 is 9.59 Å². The molecule has 0 aromatic rings. The molecule has 0 saturated heterocycles. The fourth-order valence-electron chi connectivity index (χ4n) is 0.909. The first-order valence-corrected chi connectivity index (χ1v) is 4.27. The van der Waals surface area contributed by atoms with Gasteiger partial charge >= 0.3 is 0 Å². The summed E-state index contributed by atoms with van der Waals surface area (Å²) in [6.07, 6.45) is 2.57. The second kappa shape index (κ2) is 5.35. The van der Waals surface area contributed by atoms with Crippen LogP contribution in [-0.2, 0) is 9.59 Å². The molecule has 0 aliphatic rings. The Morgan fingerprint density at radius 2 is 2.00 bits per heavy atom. The third-order valence-corrected chi connectivity index (χ3v) is 1.95. The van der Waals surface area contributed by atoms with E-state index in [1.165, 1.54) is 6.92 Å². The smallest absolute Gasteiger partial charge is 0.196 e. The third kappa shape index (κ3) is 4.19. The Labute approximate surface area is 72.8 Å². The number of Topliss-reactive ketones (excluding diaryl/α,β-unsaturated/α-hetero) is 1. The van der Waals surface area contributed by atoms with Gasteiger partial charge in [0, 0.05) is 0 Å². The molecular weight excluding hydrogens is 160 g/mol. The van der Waals surface area contributed by atoms with E-state index in [4.69, 9.17) is 0 Å². The second-order valence-corrected chi connectivity index (χ2v) is 3.08. The molecule has 0 fully saturated rings. The van der Waals surface area contributed by atoms with Crippen molar-refractivity contribution in [2.24, 2.45) is 5.92 Å². The summed E-state index contributed by atoms with van der Waals surface area (Å²) in [4.78, 5) is 21.6. The van der Waals surface area contributed by atoms with Gasteiger partial charge in [-0.3, -0.25) is 9.59 Å². The number of hydrogen-bond donors (Lipinski definition) is 1. The molecule has 0 bridgehead atoms. The Morgan fingerprint density at radius 1 is 1.45 bits per heavy atom. The molecule has 11 heavy (non-hydrogen) atoms. The minimum Gasteiger partial charge on any atom is -0.299 e. The second-order valence-electron chi connectivity index (χ2n) is 2.64. The number of carbonyl (C=O) groups is 2. The van der Waals surface area contributed by atoms with Crippen LogP contribution >= 0.6 is 12.6 Å². The molecule has 0 spiro atoms. The van der Waals surface area contributed by atoms with Crippen LogP contribution in [0.15, 0.2) is 0 Å². The fourth-order valence-corrected chi connectivity index (χ4v) is 1.22. The molecule has 0 radical (unpaired) electrons. The highest BCUT2D eigenvalue weighted by Crippen LogP contribution is 2.12. The first-order chi connectivity index (χ1) is 5.09. The predicted molar refractivity (Wildman–Crippen MR) is 47.7 cm³/mol. The van der Waals surface area contributed by atoms with Crippen LogP contribution in [0.1, 0.15) is 33.1 Å². The first kappa shape index (κ1) is 10.7. The zero-order valence-corrected chi connectivity index (χ0v) is 7.86. The van der Waals surface area contributed by atoms with Crippen LogP contribution in [-0.4, -0.2) is 10.9 Å². The Morgan fingerprint density at radius 3 is 2.27 bits per heavy atom. The van der Waals surface area contributed by atoms with Crippen molar-refractivity contribution >= 4 is 23.5 Å². The van der Waals surface area contributed by atoms with Crippen LogP contribution in [0.25, 0.3) is 0 Å². The monoisotopic (exact) mass is 174 g/mol. The van der Waals surface area contributed by atoms with Crippen LogP contribution in [0.4, 0.5) is 0 Å². The zero-order chi connectivity index (χ0) is 8.85. The van der Waals surface area contributed by atoms with Crippen molar-refractivity contribution in [1.29, 1.82) is 0 Å². The van der Waals surface area contributed by atoms with Gasteiger partial charge in [0.2, 0.25) is 0 Å². The number of ketones is 1. The first-order valence-electron chi connectivity index (χ1n) is 3.82. The van der Waals surface area contributed by atoms with E-state index in [-0.39, 0.29) is 10.9 Å². The summed E-state index contributed by atoms with van der Waals surface area (Å²) in [5.74, 6) is -0.545. The van der Waals surface area contributed by atoms with Gasteiger partial charge in [-0.2, -0.15) is 0 Å². The summed E-state index contributed by atoms with van der Waals surface area (Å²) >= 11 is 3.65. The van der Waals surface area contributed by atoms with E-state index in [1.54, 1.807) is 0 Å². The van der Waals surface area contributed by atoms with Crippen LogP contribution in [0.3, 0.4) is 0 Å². The number of hydrogen-bond acceptors (Lipinski definition) is 2. The highest BCUT2D eigenvalue weighted by molar-refractivity contribution is 7.96. The number of rotatable bonds is 5. The molecule has 0 aliphatic carbocycles. The molecule has 1 atom stereocenters. The number of carbonyl (C=O) groups excluding carboxylic acids is 2. The normalized spacial score (nSPS) is 12.6. The molecule has 0 aromatic heterocycles. The van der Waals surface area contributed by atoms with Gasteiger partial charge in [-0.05, 0) is 13.3 Å². The van der Waals surface area contributed by atoms with Gasteiger partial charge in [0.15, 0.2) is 5.12 Å². The minimum atomic E-state index is -0.474. The topological polar surface area (TPSA) is 34.1 Å². The quantitative estimate of drug-likeness (QED) is 0.509. The lowest BCUT2D eigenvalue weighted by molar-refractivity contribution is -0.127. The van der Waals surface area contributed by atoms with E-state index < -0.39 is 5.92 Å². The van der Waals surface area contributed by atoms with E-state index in [1.807, 2.05) is 6.92 Å². The molecule has 64 valence electrons. The van der Waals surface area contributed by atoms with E-state index in [9.17, 15) is 9.59 Å². The van der Waals surface area contributed by atoms with Gasteiger partial charge in [-0.15, -0.1) is 12.6 Å². The lowest BCUT2D eigenvalue weighted by Crippen LogP contribution is -2.17. The highest BCUT2D eigenvalue weighted by atomic mass is 32.1. The fraction of sp³-hybridized carbons (Fsp3) is 0.750. The van der Waals surface area contributed by atoms with Crippen LogP contribution < -0.4 is 0 Å². The zero-order valence-electron chi connectivity index (χ0n) is 6.96.